The molecule has 0 bridgehead atoms. The van der Waals surface area contributed by atoms with Crippen molar-refractivity contribution < 1.29 is 4.21 Å². The van der Waals surface area contributed by atoms with E-state index in [0.717, 1.165) is 30.8 Å². The van der Waals surface area contributed by atoms with Crippen LogP contribution in [0.5, 0.6) is 0 Å². The highest BCUT2D eigenvalue weighted by molar-refractivity contribution is 7.82. The lowest BCUT2D eigenvalue weighted by Gasteiger charge is -2.24. The lowest BCUT2D eigenvalue weighted by atomic mass is 10.2. The van der Waals surface area contributed by atoms with Crippen LogP contribution >= 0.6 is 11.6 Å². The molecule has 1 heterocycles. The summed E-state index contributed by atoms with van der Waals surface area (Å²) in [5.74, 6) is 0. The SMILES string of the molecule is O=S(c1ccc(Cl)cc1)N1CCCCC1.c1ccccc1. The average molecular weight is 322 g/mol. The predicted molar refractivity (Wildman–Crippen MR) is 89.7 cm³/mol. The van der Waals surface area contributed by atoms with Gasteiger partial charge in [0.05, 0.1) is 4.90 Å². The van der Waals surface area contributed by atoms with Gasteiger partial charge in [-0.25, -0.2) is 8.51 Å². The minimum Gasteiger partial charge on any atom is -0.237 e. The summed E-state index contributed by atoms with van der Waals surface area (Å²) < 4.78 is 14.1. The molecule has 112 valence electrons. The normalized spacial score (nSPS) is 16.6. The molecule has 1 atom stereocenters. The van der Waals surface area contributed by atoms with Crippen molar-refractivity contribution >= 4 is 22.6 Å². The quantitative estimate of drug-likeness (QED) is 0.795. The third-order valence-corrected chi connectivity index (χ3v) is 4.99. The van der Waals surface area contributed by atoms with E-state index in [4.69, 9.17) is 11.6 Å². The molecule has 21 heavy (non-hydrogen) atoms. The molecule has 1 aliphatic rings. The van der Waals surface area contributed by atoms with E-state index in [9.17, 15) is 4.21 Å². The first-order chi connectivity index (χ1) is 10.3. The van der Waals surface area contributed by atoms with Crippen LogP contribution < -0.4 is 0 Å². The summed E-state index contributed by atoms with van der Waals surface area (Å²) in [6.45, 7) is 1.88. The zero-order valence-corrected chi connectivity index (χ0v) is 13.5. The molecular formula is C17H20ClNOS. The topological polar surface area (TPSA) is 20.3 Å². The number of benzene rings is 2. The summed E-state index contributed by atoms with van der Waals surface area (Å²) in [5.41, 5.74) is 0. The molecule has 1 unspecified atom stereocenters. The highest BCUT2D eigenvalue weighted by Gasteiger charge is 2.17. The standard InChI is InChI=1S/C11H14ClNOS.C6H6/c12-10-4-6-11(7-5-10)15(14)13-8-2-1-3-9-13;1-2-4-6-5-3-1/h4-7H,1-3,8-9H2;1-6H. The molecule has 0 spiro atoms. The Labute approximate surface area is 134 Å². The van der Waals surface area contributed by atoms with Gasteiger partial charge in [0.1, 0.15) is 11.0 Å². The summed E-state index contributed by atoms with van der Waals surface area (Å²) in [6.07, 6.45) is 3.56. The van der Waals surface area contributed by atoms with Crippen molar-refractivity contribution in [3.8, 4) is 0 Å². The molecule has 4 heteroatoms. The van der Waals surface area contributed by atoms with E-state index >= 15 is 0 Å². The van der Waals surface area contributed by atoms with Crippen molar-refractivity contribution in [2.75, 3.05) is 13.1 Å². The lowest BCUT2D eigenvalue weighted by molar-refractivity contribution is 0.365. The maximum atomic E-state index is 12.1. The molecule has 3 rings (SSSR count). The van der Waals surface area contributed by atoms with Crippen molar-refractivity contribution in [1.29, 1.82) is 0 Å². The Morgan fingerprint density at radius 1 is 0.810 bits per heavy atom. The molecule has 0 aliphatic carbocycles. The molecular weight excluding hydrogens is 302 g/mol. The molecule has 0 aromatic heterocycles. The number of rotatable bonds is 2. The van der Waals surface area contributed by atoms with E-state index in [1.54, 1.807) is 12.1 Å². The third kappa shape index (κ3) is 5.62. The Bertz CT molecular complexity index is 512. The summed E-state index contributed by atoms with van der Waals surface area (Å²) in [4.78, 5) is 0.848. The van der Waals surface area contributed by atoms with Gasteiger partial charge in [0.2, 0.25) is 0 Å². The molecule has 0 N–H and O–H groups in total. The van der Waals surface area contributed by atoms with E-state index < -0.39 is 11.0 Å². The van der Waals surface area contributed by atoms with Crippen LogP contribution in [0.3, 0.4) is 0 Å². The van der Waals surface area contributed by atoms with E-state index in [1.807, 2.05) is 52.8 Å². The van der Waals surface area contributed by atoms with Crippen molar-refractivity contribution in [2.24, 2.45) is 0 Å². The summed E-state index contributed by atoms with van der Waals surface area (Å²) >= 11 is 5.79. The number of hydrogen-bond donors (Lipinski definition) is 0. The van der Waals surface area contributed by atoms with Gasteiger partial charge in [-0.2, -0.15) is 0 Å². The van der Waals surface area contributed by atoms with Crippen molar-refractivity contribution in [3.05, 3.63) is 65.7 Å². The van der Waals surface area contributed by atoms with Crippen molar-refractivity contribution in [2.45, 2.75) is 24.2 Å². The Balaban J connectivity index is 0.000000225. The predicted octanol–water partition coefficient (Wildman–Crippen LogP) is 4.54. The molecule has 0 saturated carbocycles. The summed E-state index contributed by atoms with van der Waals surface area (Å²) in [5, 5.41) is 0.689. The summed E-state index contributed by atoms with van der Waals surface area (Å²) in [7, 11) is -1.00. The van der Waals surface area contributed by atoms with Gasteiger partial charge in [0.15, 0.2) is 0 Å². The second kappa shape index (κ2) is 8.98. The molecule has 1 saturated heterocycles. The summed E-state index contributed by atoms with van der Waals surface area (Å²) in [6, 6.07) is 19.3. The Hall–Kier alpha value is -1.16. The van der Waals surface area contributed by atoms with Gasteiger partial charge < -0.3 is 0 Å². The third-order valence-electron chi connectivity index (χ3n) is 3.23. The Morgan fingerprint density at radius 2 is 1.29 bits per heavy atom. The van der Waals surface area contributed by atoms with Gasteiger partial charge in [0.25, 0.3) is 0 Å². The molecule has 1 aliphatic heterocycles. The Kier molecular flexibility index (Phi) is 6.93. The van der Waals surface area contributed by atoms with Gasteiger partial charge in [-0.3, -0.25) is 0 Å². The van der Waals surface area contributed by atoms with E-state index in [1.165, 1.54) is 6.42 Å². The number of hydrogen-bond acceptors (Lipinski definition) is 1. The minimum absolute atomic E-state index is 0.689. The number of halogens is 1. The maximum absolute atomic E-state index is 12.1. The zero-order chi connectivity index (χ0) is 14.9. The van der Waals surface area contributed by atoms with E-state index in [-0.39, 0.29) is 0 Å². The van der Waals surface area contributed by atoms with Gasteiger partial charge >= 0.3 is 0 Å². The van der Waals surface area contributed by atoms with Crippen LogP contribution in [0.25, 0.3) is 0 Å². The van der Waals surface area contributed by atoms with Crippen molar-refractivity contribution in [1.82, 2.24) is 4.31 Å². The fourth-order valence-corrected chi connectivity index (χ4v) is 3.50. The van der Waals surface area contributed by atoms with Gasteiger partial charge in [0, 0.05) is 18.1 Å². The van der Waals surface area contributed by atoms with Crippen molar-refractivity contribution in [3.63, 3.8) is 0 Å². The largest absolute Gasteiger partial charge is 0.237 e. The molecule has 2 aromatic rings. The van der Waals surface area contributed by atoms with Crippen LogP contribution in [0.2, 0.25) is 5.02 Å². The lowest BCUT2D eigenvalue weighted by Crippen LogP contribution is -2.31. The van der Waals surface area contributed by atoms with Gasteiger partial charge in [-0.1, -0.05) is 54.4 Å². The molecule has 2 aromatic carbocycles. The fourth-order valence-electron chi connectivity index (χ4n) is 2.12. The van der Waals surface area contributed by atoms with Gasteiger partial charge in [-0.15, -0.1) is 0 Å². The van der Waals surface area contributed by atoms with Crippen LogP contribution in [0.15, 0.2) is 65.6 Å². The smallest absolute Gasteiger partial charge is 0.127 e. The van der Waals surface area contributed by atoms with Crippen LogP contribution in [0.1, 0.15) is 19.3 Å². The highest BCUT2D eigenvalue weighted by atomic mass is 35.5. The fraction of sp³-hybridized carbons (Fsp3) is 0.294. The highest BCUT2D eigenvalue weighted by Crippen LogP contribution is 2.18. The van der Waals surface area contributed by atoms with E-state index in [0.29, 0.717) is 5.02 Å². The monoisotopic (exact) mass is 321 g/mol. The van der Waals surface area contributed by atoms with E-state index in [2.05, 4.69) is 0 Å². The Morgan fingerprint density at radius 3 is 1.76 bits per heavy atom. The first kappa shape index (κ1) is 16.2. The van der Waals surface area contributed by atoms with Crippen LogP contribution in [0.4, 0.5) is 0 Å². The molecule has 0 radical (unpaired) electrons. The molecule has 0 amide bonds. The number of piperidine rings is 1. The maximum Gasteiger partial charge on any atom is 0.127 e. The van der Waals surface area contributed by atoms with Crippen LogP contribution in [0, 0.1) is 0 Å². The van der Waals surface area contributed by atoms with Crippen LogP contribution in [-0.2, 0) is 11.0 Å². The first-order valence-corrected chi connectivity index (χ1v) is 8.68. The first-order valence-electron chi connectivity index (χ1n) is 7.20. The average Bonchev–Trinajstić information content (AvgIpc) is 2.58. The minimum atomic E-state index is -1.00. The second-order valence-electron chi connectivity index (χ2n) is 4.85. The number of nitrogens with zero attached hydrogens (tertiary/aromatic N) is 1. The second-order valence-corrected chi connectivity index (χ2v) is 6.77. The van der Waals surface area contributed by atoms with Crippen LogP contribution in [-0.4, -0.2) is 21.6 Å². The molecule has 2 nitrogen and oxygen atoms in total. The van der Waals surface area contributed by atoms with Gasteiger partial charge in [-0.05, 0) is 37.1 Å². The zero-order valence-electron chi connectivity index (χ0n) is 12.0. The molecule has 1 fully saturated rings.